The van der Waals surface area contributed by atoms with Crippen LogP contribution in [0, 0.1) is 28.6 Å². The van der Waals surface area contributed by atoms with E-state index in [1.807, 2.05) is 13.0 Å². The maximum Gasteiger partial charge on any atom is 0.331 e. The van der Waals surface area contributed by atoms with Gasteiger partial charge in [-0.15, -0.1) is 0 Å². The Kier molecular flexibility index (Phi) is 6.02. The predicted molar refractivity (Wildman–Crippen MR) is 116 cm³/mol. The third-order valence-corrected chi connectivity index (χ3v) is 10.4. The monoisotopic (exact) mass is 452 g/mol. The van der Waals surface area contributed by atoms with Crippen LogP contribution in [-0.2, 0) is 23.9 Å². The first-order valence-corrected chi connectivity index (χ1v) is 13.3. The summed E-state index contributed by atoms with van der Waals surface area (Å²) < 4.78 is 30.1. The number of aliphatic hydroxyl groups excluding tert-OH is 1. The van der Waals surface area contributed by atoms with Crippen LogP contribution in [-0.4, -0.2) is 36.6 Å². The molecule has 0 aliphatic heterocycles. The predicted octanol–water partition coefficient (Wildman–Crippen LogP) is 3.92. The van der Waals surface area contributed by atoms with Gasteiger partial charge in [-0.1, -0.05) is 38.8 Å². The van der Waals surface area contributed by atoms with Crippen LogP contribution in [0.25, 0.3) is 0 Å². The van der Waals surface area contributed by atoms with Gasteiger partial charge in [-0.25, -0.2) is 0 Å². The molecule has 0 spiro atoms. The molecule has 3 fully saturated rings. The molecule has 31 heavy (non-hydrogen) atoms. The Morgan fingerprint density at radius 3 is 2.55 bits per heavy atom. The van der Waals surface area contributed by atoms with Crippen molar-refractivity contribution in [2.75, 3.05) is 0 Å². The Hall–Kier alpha value is -1.05. The summed E-state index contributed by atoms with van der Waals surface area (Å²) in [7, 11) is -4.22. The molecule has 7 unspecified atom stereocenters. The second-order valence-electron chi connectivity index (χ2n) is 10.7. The molecule has 0 heterocycles. The molecule has 0 saturated heterocycles. The molecule has 0 aromatic heterocycles. The van der Waals surface area contributed by atoms with Gasteiger partial charge in [-0.05, 0) is 68.1 Å². The molecule has 7 heteroatoms. The zero-order valence-electron chi connectivity index (χ0n) is 18.9. The molecular weight excluding hydrogens is 416 g/mol. The summed E-state index contributed by atoms with van der Waals surface area (Å²) >= 11 is 0. The number of hydrogen-bond acceptors (Lipinski definition) is 6. The van der Waals surface area contributed by atoms with Crippen LogP contribution in [0.4, 0.5) is 0 Å². The maximum absolute atomic E-state index is 12.6. The zero-order valence-corrected chi connectivity index (χ0v) is 19.7. The zero-order chi connectivity index (χ0) is 22.6. The van der Waals surface area contributed by atoms with Crippen molar-refractivity contribution in [3.63, 3.8) is 0 Å². The van der Waals surface area contributed by atoms with E-state index in [-0.39, 0.29) is 35.0 Å². The number of carbonyl (C=O) groups excluding carboxylic acids is 2. The molecule has 174 valence electrons. The van der Waals surface area contributed by atoms with Gasteiger partial charge in [-0.3, -0.25) is 13.8 Å². The molecule has 4 rings (SSSR count). The topological polar surface area (TPSA) is 97.7 Å². The number of ketones is 1. The molecule has 4 aliphatic rings. The molecule has 0 radical (unpaired) electrons. The van der Waals surface area contributed by atoms with Crippen LogP contribution in [0.3, 0.4) is 0 Å². The highest BCUT2D eigenvalue weighted by atomic mass is 32.2. The molecule has 7 atom stereocenters. The highest BCUT2D eigenvalue weighted by molar-refractivity contribution is 8.02. The van der Waals surface area contributed by atoms with Crippen molar-refractivity contribution in [1.82, 2.24) is 0 Å². The number of rotatable bonds is 5. The fraction of sp³-hybridized carbons (Fsp3) is 0.833. The van der Waals surface area contributed by atoms with E-state index in [1.165, 1.54) is 0 Å². The standard InChI is InChI=1S/C24H36O6S/c1-4-5-6-21(27)31(28,29)30-16-9-11-23(2)15(13-16)14-19(25)22-17-7-8-20(26)24(17,3)12-10-18(22)23/h14,16-19,22,25H,4-13H2,1-3H3. The van der Waals surface area contributed by atoms with E-state index >= 15 is 0 Å². The lowest BCUT2D eigenvalue weighted by Crippen LogP contribution is -2.54. The number of Topliss-reactive ketones (excluding diaryl/α,β-unsaturated/α-hetero) is 1. The minimum absolute atomic E-state index is 0.00664. The second-order valence-corrected chi connectivity index (χ2v) is 12.3. The van der Waals surface area contributed by atoms with Gasteiger partial charge in [0.1, 0.15) is 5.78 Å². The Bertz CT molecular complexity index is 892. The normalized spacial score (nSPS) is 42.4. The highest BCUT2D eigenvalue weighted by Crippen LogP contribution is 2.64. The van der Waals surface area contributed by atoms with Crippen molar-refractivity contribution in [2.24, 2.45) is 28.6 Å². The second kappa shape index (κ2) is 8.07. The lowest BCUT2D eigenvalue weighted by molar-refractivity contribution is -0.135. The fourth-order valence-electron chi connectivity index (χ4n) is 7.15. The lowest BCUT2D eigenvalue weighted by atomic mass is 9.47. The van der Waals surface area contributed by atoms with Crippen molar-refractivity contribution in [3.8, 4) is 0 Å². The molecule has 3 saturated carbocycles. The molecule has 0 bridgehead atoms. The summed E-state index contributed by atoms with van der Waals surface area (Å²) in [4.78, 5) is 24.6. The molecule has 4 aliphatic carbocycles. The van der Waals surface area contributed by atoms with Gasteiger partial charge in [0.05, 0.1) is 12.2 Å². The van der Waals surface area contributed by atoms with Crippen LogP contribution < -0.4 is 0 Å². The molecule has 0 amide bonds. The van der Waals surface area contributed by atoms with E-state index in [0.717, 1.165) is 37.7 Å². The van der Waals surface area contributed by atoms with E-state index in [4.69, 9.17) is 4.18 Å². The van der Waals surface area contributed by atoms with Gasteiger partial charge in [0.2, 0.25) is 0 Å². The van der Waals surface area contributed by atoms with E-state index in [0.29, 0.717) is 31.5 Å². The third kappa shape index (κ3) is 3.74. The SMILES string of the molecule is CCCCC(=O)S(=O)(=O)OC1CCC2(C)C(=CC(O)C3C4CCC(=O)C4(C)CCC32)C1. The first-order valence-electron chi connectivity index (χ1n) is 11.9. The largest absolute Gasteiger partial charge is 0.389 e. The smallest absolute Gasteiger partial charge is 0.331 e. The molecule has 1 N–H and O–H groups in total. The van der Waals surface area contributed by atoms with E-state index in [2.05, 4.69) is 13.8 Å². The van der Waals surface area contributed by atoms with Gasteiger partial charge in [-0.2, -0.15) is 8.42 Å². The maximum atomic E-state index is 12.6. The van der Waals surface area contributed by atoms with E-state index < -0.39 is 27.4 Å². The van der Waals surface area contributed by atoms with Gasteiger partial charge in [0, 0.05) is 18.3 Å². The van der Waals surface area contributed by atoms with E-state index in [1.54, 1.807) is 0 Å². The molecular formula is C24H36O6S. The van der Waals surface area contributed by atoms with E-state index in [9.17, 15) is 23.1 Å². The first kappa shape index (κ1) is 23.1. The van der Waals surface area contributed by atoms with Crippen LogP contribution in [0.5, 0.6) is 0 Å². The highest BCUT2D eigenvalue weighted by Gasteiger charge is 2.60. The Balaban J connectivity index is 1.53. The first-order chi connectivity index (χ1) is 14.5. The third-order valence-electron chi connectivity index (χ3n) is 9.07. The summed E-state index contributed by atoms with van der Waals surface area (Å²) in [5, 5.41) is 10.3. The summed E-state index contributed by atoms with van der Waals surface area (Å²) in [5.41, 5.74) is 0.630. The Labute approximate surface area is 185 Å². The van der Waals surface area contributed by atoms with Crippen LogP contribution in [0.2, 0.25) is 0 Å². The van der Waals surface area contributed by atoms with Crippen LogP contribution in [0.15, 0.2) is 11.6 Å². The minimum Gasteiger partial charge on any atom is -0.389 e. The van der Waals surface area contributed by atoms with Crippen molar-refractivity contribution in [1.29, 1.82) is 0 Å². The quantitative estimate of drug-likeness (QED) is 0.501. The van der Waals surface area contributed by atoms with Crippen molar-refractivity contribution in [2.45, 2.75) is 97.2 Å². The number of aliphatic hydroxyl groups is 1. The summed E-state index contributed by atoms with van der Waals surface area (Å²) in [6.07, 6.45) is 7.05. The van der Waals surface area contributed by atoms with Crippen LogP contribution >= 0.6 is 0 Å². The van der Waals surface area contributed by atoms with Gasteiger partial charge >= 0.3 is 10.1 Å². The van der Waals surface area contributed by atoms with Crippen molar-refractivity contribution in [3.05, 3.63) is 11.6 Å². The summed E-state index contributed by atoms with van der Waals surface area (Å²) in [5.74, 6) is 0.929. The number of carbonyl (C=O) groups is 2. The molecule has 6 nitrogen and oxygen atoms in total. The Morgan fingerprint density at radius 1 is 1.16 bits per heavy atom. The summed E-state index contributed by atoms with van der Waals surface area (Å²) in [6, 6.07) is 0. The number of fused-ring (bicyclic) bond motifs is 5. The molecule has 0 aromatic rings. The average molecular weight is 453 g/mol. The van der Waals surface area contributed by atoms with Crippen molar-refractivity contribution >= 4 is 21.0 Å². The number of hydrogen-bond donors (Lipinski definition) is 1. The van der Waals surface area contributed by atoms with Crippen molar-refractivity contribution < 1.29 is 27.3 Å². The van der Waals surface area contributed by atoms with Gasteiger partial charge in [0.25, 0.3) is 5.12 Å². The fourth-order valence-corrected chi connectivity index (χ4v) is 8.17. The Morgan fingerprint density at radius 2 is 1.84 bits per heavy atom. The molecule has 0 aromatic carbocycles. The van der Waals surface area contributed by atoms with Crippen LogP contribution in [0.1, 0.15) is 85.0 Å². The lowest BCUT2D eigenvalue weighted by Gasteiger charge is -2.58. The summed E-state index contributed by atoms with van der Waals surface area (Å²) in [6.45, 7) is 6.23. The van der Waals surface area contributed by atoms with Gasteiger partial charge < -0.3 is 5.11 Å². The average Bonchev–Trinajstić information content (AvgIpc) is 3.02. The number of unbranched alkanes of at least 4 members (excludes halogenated alkanes) is 1. The van der Waals surface area contributed by atoms with Gasteiger partial charge in [0.15, 0.2) is 0 Å². The minimum atomic E-state index is -4.22.